The van der Waals surface area contributed by atoms with Gasteiger partial charge in [-0.15, -0.1) is 0 Å². The van der Waals surface area contributed by atoms with E-state index >= 15 is 0 Å². The van der Waals surface area contributed by atoms with E-state index in [0.29, 0.717) is 25.1 Å². The summed E-state index contributed by atoms with van der Waals surface area (Å²) < 4.78 is 44.7. The highest BCUT2D eigenvalue weighted by atomic mass is 19.4. The minimum absolute atomic E-state index is 0.0617. The van der Waals surface area contributed by atoms with Crippen LogP contribution in [0.2, 0.25) is 0 Å². The van der Waals surface area contributed by atoms with Gasteiger partial charge in [0.15, 0.2) is 0 Å². The standard InChI is InChI=1S/C23H28F3N3O2/c1-3-4-5-6-10-29-17-22(31-18(2)21(29)30)8-12-28(13-9-22)11-7-19-14-20(16-27-15-19)23(24,25)26/h3-6,10,14-16,18H,1,7-9,11-13,17H2,2H3/b5-4-,10-6+. The molecule has 1 atom stereocenters. The first-order valence-corrected chi connectivity index (χ1v) is 10.4. The van der Waals surface area contributed by atoms with Crippen molar-refractivity contribution in [3.05, 3.63) is 66.7 Å². The van der Waals surface area contributed by atoms with Gasteiger partial charge >= 0.3 is 6.18 Å². The van der Waals surface area contributed by atoms with Crippen molar-refractivity contribution >= 4 is 5.91 Å². The summed E-state index contributed by atoms with van der Waals surface area (Å²) in [6.45, 7) is 8.08. The molecule has 0 aliphatic carbocycles. The summed E-state index contributed by atoms with van der Waals surface area (Å²) in [6.07, 6.45) is 8.34. The zero-order valence-electron chi connectivity index (χ0n) is 17.6. The minimum Gasteiger partial charge on any atom is -0.360 e. The Morgan fingerprint density at radius 2 is 2.00 bits per heavy atom. The lowest BCUT2D eigenvalue weighted by atomic mass is 9.88. The normalized spacial score (nSPS) is 22.6. The summed E-state index contributed by atoms with van der Waals surface area (Å²) >= 11 is 0. The summed E-state index contributed by atoms with van der Waals surface area (Å²) in [6, 6.07) is 1.17. The van der Waals surface area contributed by atoms with E-state index < -0.39 is 23.4 Å². The molecule has 2 saturated heterocycles. The maximum absolute atomic E-state index is 12.9. The molecule has 2 aliphatic heterocycles. The summed E-state index contributed by atoms with van der Waals surface area (Å²) in [4.78, 5) is 20.1. The fraction of sp³-hybridized carbons (Fsp3) is 0.478. The lowest BCUT2D eigenvalue weighted by Gasteiger charge is -2.48. The van der Waals surface area contributed by atoms with Crippen LogP contribution in [0.3, 0.4) is 0 Å². The van der Waals surface area contributed by atoms with Crippen LogP contribution in [0.1, 0.15) is 30.9 Å². The van der Waals surface area contributed by atoms with E-state index in [2.05, 4.69) is 16.5 Å². The van der Waals surface area contributed by atoms with Gasteiger partial charge in [0, 0.05) is 38.2 Å². The molecular formula is C23H28F3N3O2. The van der Waals surface area contributed by atoms with Crippen LogP contribution in [0, 0.1) is 0 Å². The Kier molecular flexibility index (Phi) is 7.33. The Morgan fingerprint density at radius 1 is 1.26 bits per heavy atom. The average Bonchev–Trinajstić information content (AvgIpc) is 2.74. The van der Waals surface area contributed by atoms with Crippen LogP contribution in [-0.4, -0.2) is 58.6 Å². The number of likely N-dealkylation sites (tertiary alicyclic amines) is 1. The number of nitrogens with zero attached hydrogens (tertiary/aromatic N) is 3. The molecule has 0 N–H and O–H groups in total. The van der Waals surface area contributed by atoms with Crippen LogP contribution in [0.15, 0.2) is 55.5 Å². The van der Waals surface area contributed by atoms with Gasteiger partial charge in [-0.05, 0) is 43.9 Å². The molecule has 0 aromatic carbocycles. The van der Waals surface area contributed by atoms with E-state index in [1.165, 1.54) is 12.3 Å². The number of ether oxygens (including phenoxy) is 1. The summed E-state index contributed by atoms with van der Waals surface area (Å²) in [7, 11) is 0. The summed E-state index contributed by atoms with van der Waals surface area (Å²) in [5.41, 5.74) is -0.534. The van der Waals surface area contributed by atoms with Gasteiger partial charge in [0.25, 0.3) is 5.91 Å². The van der Waals surface area contributed by atoms with Crippen LogP contribution < -0.4 is 0 Å². The molecule has 1 aromatic rings. The zero-order chi connectivity index (χ0) is 22.5. The maximum atomic E-state index is 12.9. The van der Waals surface area contributed by atoms with Crippen molar-refractivity contribution in [2.24, 2.45) is 0 Å². The molecule has 0 saturated carbocycles. The Balaban J connectivity index is 1.55. The van der Waals surface area contributed by atoms with E-state index in [-0.39, 0.29) is 5.91 Å². The molecule has 31 heavy (non-hydrogen) atoms. The Labute approximate surface area is 180 Å². The van der Waals surface area contributed by atoms with Crippen molar-refractivity contribution < 1.29 is 22.7 Å². The topological polar surface area (TPSA) is 45.7 Å². The number of rotatable bonds is 6. The number of piperidine rings is 1. The third-order valence-electron chi connectivity index (χ3n) is 5.75. The van der Waals surface area contributed by atoms with Crippen LogP contribution >= 0.6 is 0 Å². The SMILES string of the molecule is C=C/C=C\C=C\N1CC2(CCN(CCc3cncc(C(F)(F)F)c3)CC2)OC(C)C1=O. The van der Waals surface area contributed by atoms with Crippen molar-refractivity contribution in [3.8, 4) is 0 Å². The predicted octanol–water partition coefficient (Wildman–Crippen LogP) is 3.98. The van der Waals surface area contributed by atoms with Crippen LogP contribution in [0.5, 0.6) is 0 Å². The number of morpholine rings is 1. The second-order valence-corrected chi connectivity index (χ2v) is 8.04. The van der Waals surface area contributed by atoms with Gasteiger partial charge in [0.2, 0.25) is 0 Å². The first kappa shape index (κ1) is 23.2. The number of hydrogen-bond donors (Lipinski definition) is 0. The number of amides is 1. The number of alkyl halides is 3. The molecule has 1 aromatic heterocycles. The number of carbonyl (C=O) groups excluding carboxylic acids is 1. The number of pyridine rings is 1. The lowest BCUT2D eigenvalue weighted by Crippen LogP contribution is -2.60. The molecule has 1 spiro atoms. The second kappa shape index (κ2) is 9.78. The van der Waals surface area contributed by atoms with Gasteiger partial charge in [-0.2, -0.15) is 13.2 Å². The first-order chi connectivity index (χ1) is 14.7. The molecular weight excluding hydrogens is 407 g/mol. The Morgan fingerprint density at radius 3 is 2.68 bits per heavy atom. The highest BCUT2D eigenvalue weighted by Crippen LogP contribution is 2.33. The molecule has 1 unspecified atom stereocenters. The highest BCUT2D eigenvalue weighted by molar-refractivity contribution is 5.82. The molecule has 0 bridgehead atoms. The van der Waals surface area contributed by atoms with Crippen LogP contribution in [0.4, 0.5) is 13.2 Å². The van der Waals surface area contributed by atoms with E-state index in [4.69, 9.17) is 4.74 Å². The average molecular weight is 435 g/mol. The van der Waals surface area contributed by atoms with Crippen molar-refractivity contribution in [1.82, 2.24) is 14.8 Å². The lowest BCUT2D eigenvalue weighted by molar-refractivity contribution is -0.184. The monoisotopic (exact) mass is 435 g/mol. The molecule has 2 aliphatic rings. The smallest absolute Gasteiger partial charge is 0.360 e. The fourth-order valence-corrected chi connectivity index (χ4v) is 4.03. The summed E-state index contributed by atoms with van der Waals surface area (Å²) in [5, 5.41) is 0. The van der Waals surface area contributed by atoms with E-state index in [1.54, 1.807) is 30.2 Å². The third kappa shape index (κ3) is 6.04. The largest absolute Gasteiger partial charge is 0.417 e. The Hall–Kier alpha value is -2.45. The number of hydrogen-bond acceptors (Lipinski definition) is 4. The van der Waals surface area contributed by atoms with E-state index in [0.717, 1.165) is 32.1 Å². The number of allylic oxidation sites excluding steroid dienone is 4. The van der Waals surface area contributed by atoms with Crippen molar-refractivity contribution in [3.63, 3.8) is 0 Å². The van der Waals surface area contributed by atoms with Gasteiger partial charge in [-0.3, -0.25) is 9.78 Å². The predicted molar refractivity (Wildman–Crippen MR) is 112 cm³/mol. The van der Waals surface area contributed by atoms with Crippen LogP contribution in [-0.2, 0) is 22.1 Å². The van der Waals surface area contributed by atoms with Crippen molar-refractivity contribution in [2.75, 3.05) is 26.2 Å². The molecule has 5 nitrogen and oxygen atoms in total. The minimum atomic E-state index is -4.38. The molecule has 0 radical (unpaired) electrons. The molecule has 168 valence electrons. The molecule has 3 heterocycles. The van der Waals surface area contributed by atoms with Gasteiger partial charge in [-0.25, -0.2) is 0 Å². The third-order valence-corrected chi connectivity index (χ3v) is 5.75. The number of aromatic nitrogens is 1. The zero-order valence-corrected chi connectivity index (χ0v) is 17.6. The van der Waals surface area contributed by atoms with Crippen LogP contribution in [0.25, 0.3) is 0 Å². The first-order valence-electron chi connectivity index (χ1n) is 10.4. The summed E-state index contributed by atoms with van der Waals surface area (Å²) in [5.74, 6) is -0.0617. The highest BCUT2D eigenvalue weighted by Gasteiger charge is 2.44. The van der Waals surface area contributed by atoms with Gasteiger partial charge in [-0.1, -0.05) is 24.8 Å². The van der Waals surface area contributed by atoms with Gasteiger partial charge in [0.1, 0.15) is 6.10 Å². The molecule has 8 heteroatoms. The number of carbonyl (C=O) groups is 1. The van der Waals surface area contributed by atoms with E-state index in [1.807, 2.05) is 12.2 Å². The molecule has 2 fully saturated rings. The van der Waals surface area contributed by atoms with E-state index in [9.17, 15) is 18.0 Å². The second-order valence-electron chi connectivity index (χ2n) is 8.04. The van der Waals surface area contributed by atoms with Crippen molar-refractivity contribution in [2.45, 2.75) is 44.1 Å². The fourth-order valence-electron chi connectivity index (χ4n) is 4.03. The van der Waals surface area contributed by atoms with Gasteiger partial charge < -0.3 is 14.5 Å². The quantitative estimate of drug-likeness (QED) is 0.634. The number of halogens is 3. The van der Waals surface area contributed by atoms with Gasteiger partial charge in [0.05, 0.1) is 17.7 Å². The van der Waals surface area contributed by atoms with Crippen molar-refractivity contribution in [1.29, 1.82) is 0 Å². The molecule has 1 amide bonds. The molecule has 3 rings (SSSR count). The maximum Gasteiger partial charge on any atom is 0.417 e. The Bertz CT molecular complexity index is 843.